The van der Waals surface area contributed by atoms with E-state index in [1.165, 1.54) is 0 Å². The summed E-state index contributed by atoms with van der Waals surface area (Å²) < 4.78 is 4.12. The largest absolute Gasteiger partial charge is 0.368 e. The van der Waals surface area contributed by atoms with Crippen molar-refractivity contribution in [3.8, 4) is 0 Å². The van der Waals surface area contributed by atoms with Gasteiger partial charge in [0, 0.05) is 25.2 Å². The molecule has 22 heavy (non-hydrogen) atoms. The Morgan fingerprint density at radius 3 is 2.45 bits per heavy atom. The number of hydrogen-bond acceptors (Lipinski definition) is 7. The van der Waals surface area contributed by atoms with Crippen molar-refractivity contribution in [1.29, 1.82) is 0 Å². The first-order chi connectivity index (χ1) is 10.3. The molecule has 0 bridgehead atoms. The summed E-state index contributed by atoms with van der Waals surface area (Å²) in [5, 5.41) is 11.0. The van der Waals surface area contributed by atoms with Gasteiger partial charge in [-0.2, -0.15) is 0 Å². The van der Waals surface area contributed by atoms with Crippen LogP contribution in [0.1, 0.15) is 26.0 Å². The Morgan fingerprint density at radius 2 is 1.95 bits per heavy atom. The Kier molecular flexibility index (Phi) is 7.28. The normalized spacial score (nSPS) is 14.0. The zero-order valence-corrected chi connectivity index (χ0v) is 13.6. The quantitative estimate of drug-likeness (QED) is 0.326. The molecular formula is C12H23N7O2S. The molecule has 0 aliphatic rings. The van der Waals surface area contributed by atoms with E-state index in [-0.39, 0.29) is 6.04 Å². The fraction of sp³-hybridized carbons (Fsp3) is 0.667. The van der Waals surface area contributed by atoms with Crippen molar-refractivity contribution < 1.29 is 9.59 Å². The standard InChI is InChI=1S/C12H23N7O2S/c1-7(2)15-10(12(14)21)5-8-6-19(18-16-8)4-3-9(17-22)11(13)20/h6-7,9-10,15,17,22H,3-5H2,1-2H3,(H2,13,20)(H2,14,21). The maximum absolute atomic E-state index is 11.4. The fourth-order valence-corrected chi connectivity index (χ4v) is 2.18. The first-order valence-electron chi connectivity index (χ1n) is 6.96. The van der Waals surface area contributed by atoms with Crippen LogP contribution in [0.4, 0.5) is 0 Å². The van der Waals surface area contributed by atoms with Crippen LogP contribution in [0.25, 0.3) is 0 Å². The highest BCUT2D eigenvalue weighted by Crippen LogP contribution is 2.02. The summed E-state index contributed by atoms with van der Waals surface area (Å²) in [6.07, 6.45) is 2.51. The van der Waals surface area contributed by atoms with E-state index in [2.05, 4.69) is 33.2 Å². The van der Waals surface area contributed by atoms with E-state index in [4.69, 9.17) is 11.5 Å². The van der Waals surface area contributed by atoms with Crippen LogP contribution in [0.5, 0.6) is 0 Å². The third-order valence-corrected chi connectivity index (χ3v) is 3.34. The molecule has 1 aromatic heterocycles. The number of amides is 2. The van der Waals surface area contributed by atoms with Gasteiger partial charge >= 0.3 is 0 Å². The van der Waals surface area contributed by atoms with Crippen molar-refractivity contribution >= 4 is 24.6 Å². The van der Waals surface area contributed by atoms with E-state index in [0.29, 0.717) is 25.1 Å². The highest BCUT2D eigenvalue weighted by Gasteiger charge is 2.19. The predicted octanol–water partition coefficient (Wildman–Crippen LogP) is -1.65. The van der Waals surface area contributed by atoms with Crippen molar-refractivity contribution in [2.45, 2.75) is 51.4 Å². The highest BCUT2D eigenvalue weighted by molar-refractivity contribution is 7.78. The molecule has 1 heterocycles. The number of hydrogen-bond donors (Lipinski definition) is 5. The molecule has 124 valence electrons. The van der Waals surface area contributed by atoms with Gasteiger partial charge in [-0.05, 0) is 6.42 Å². The monoisotopic (exact) mass is 329 g/mol. The number of rotatable bonds is 10. The molecule has 1 rings (SSSR count). The Balaban J connectivity index is 2.59. The number of nitrogens with one attached hydrogen (secondary N) is 2. The smallest absolute Gasteiger partial charge is 0.235 e. The van der Waals surface area contributed by atoms with Gasteiger partial charge in [0.1, 0.15) is 0 Å². The number of aryl methyl sites for hydroxylation is 1. The Hall–Kier alpha value is -1.65. The Labute approximate surface area is 134 Å². The molecule has 0 fully saturated rings. The second-order valence-electron chi connectivity index (χ2n) is 5.33. The lowest BCUT2D eigenvalue weighted by Crippen LogP contribution is -2.46. The van der Waals surface area contributed by atoms with Gasteiger partial charge in [-0.1, -0.05) is 31.9 Å². The molecule has 2 unspecified atom stereocenters. The van der Waals surface area contributed by atoms with Crippen LogP contribution in [0.2, 0.25) is 0 Å². The van der Waals surface area contributed by atoms with E-state index in [1.807, 2.05) is 13.8 Å². The van der Waals surface area contributed by atoms with Crippen LogP contribution in [0.3, 0.4) is 0 Å². The number of primary amides is 2. The van der Waals surface area contributed by atoms with E-state index in [0.717, 1.165) is 0 Å². The van der Waals surface area contributed by atoms with E-state index >= 15 is 0 Å². The Morgan fingerprint density at radius 1 is 1.32 bits per heavy atom. The molecular weight excluding hydrogens is 306 g/mol. The molecule has 10 heteroatoms. The van der Waals surface area contributed by atoms with E-state index in [1.54, 1.807) is 10.9 Å². The number of carbonyl (C=O) groups excluding carboxylic acids is 2. The molecule has 0 aliphatic heterocycles. The van der Waals surface area contributed by atoms with Gasteiger partial charge in [0.25, 0.3) is 0 Å². The summed E-state index contributed by atoms with van der Waals surface area (Å²) in [6, 6.07) is -0.912. The fourth-order valence-electron chi connectivity index (χ4n) is 1.93. The number of carbonyl (C=O) groups is 2. The van der Waals surface area contributed by atoms with Crippen LogP contribution in [0, 0.1) is 0 Å². The van der Waals surface area contributed by atoms with Crippen LogP contribution < -0.4 is 21.5 Å². The third-order valence-electron chi connectivity index (χ3n) is 3.02. The average molecular weight is 329 g/mol. The zero-order chi connectivity index (χ0) is 16.7. The molecule has 2 amide bonds. The van der Waals surface area contributed by atoms with Gasteiger partial charge in [0.2, 0.25) is 11.8 Å². The minimum atomic E-state index is -0.544. The molecule has 6 N–H and O–H groups in total. The predicted molar refractivity (Wildman–Crippen MR) is 84.7 cm³/mol. The molecule has 0 saturated heterocycles. The van der Waals surface area contributed by atoms with Gasteiger partial charge in [-0.3, -0.25) is 19.0 Å². The summed E-state index contributed by atoms with van der Waals surface area (Å²) >= 11 is 3.85. The maximum atomic E-state index is 11.4. The van der Waals surface area contributed by atoms with Crippen molar-refractivity contribution in [3.05, 3.63) is 11.9 Å². The minimum absolute atomic E-state index is 0.130. The van der Waals surface area contributed by atoms with Gasteiger partial charge in [0.15, 0.2) is 0 Å². The van der Waals surface area contributed by atoms with Crippen LogP contribution in [0.15, 0.2) is 6.20 Å². The van der Waals surface area contributed by atoms with Crippen LogP contribution >= 0.6 is 12.8 Å². The molecule has 9 nitrogen and oxygen atoms in total. The topological polar surface area (TPSA) is 141 Å². The number of nitrogens with zero attached hydrogens (tertiary/aromatic N) is 3. The lowest BCUT2D eigenvalue weighted by atomic mass is 10.1. The maximum Gasteiger partial charge on any atom is 0.235 e. The molecule has 0 aromatic carbocycles. The zero-order valence-electron chi connectivity index (χ0n) is 12.7. The average Bonchev–Trinajstić information content (AvgIpc) is 2.85. The Bertz CT molecular complexity index is 505. The number of thiol groups is 1. The van der Waals surface area contributed by atoms with Gasteiger partial charge in [0.05, 0.1) is 17.8 Å². The summed E-state index contributed by atoms with van der Waals surface area (Å²) in [6.45, 7) is 4.31. The summed E-state index contributed by atoms with van der Waals surface area (Å²) in [4.78, 5) is 22.5. The second kappa shape index (κ2) is 8.71. The van der Waals surface area contributed by atoms with Crippen LogP contribution in [-0.4, -0.2) is 44.9 Å². The first kappa shape index (κ1) is 18.4. The molecule has 0 spiro atoms. The van der Waals surface area contributed by atoms with Crippen molar-refractivity contribution in [2.75, 3.05) is 0 Å². The van der Waals surface area contributed by atoms with Crippen LogP contribution in [-0.2, 0) is 22.6 Å². The molecule has 0 saturated carbocycles. The molecule has 2 atom stereocenters. The summed E-state index contributed by atoms with van der Waals surface area (Å²) in [5.41, 5.74) is 11.2. The lowest BCUT2D eigenvalue weighted by molar-refractivity contribution is -0.120. The molecule has 0 radical (unpaired) electrons. The van der Waals surface area contributed by atoms with E-state index < -0.39 is 23.9 Å². The molecule has 0 aliphatic carbocycles. The van der Waals surface area contributed by atoms with E-state index in [9.17, 15) is 9.59 Å². The first-order valence-corrected chi connectivity index (χ1v) is 7.41. The highest BCUT2D eigenvalue weighted by atomic mass is 32.1. The third kappa shape index (κ3) is 6.00. The van der Waals surface area contributed by atoms with Gasteiger partial charge in [-0.25, -0.2) is 0 Å². The molecule has 1 aromatic rings. The van der Waals surface area contributed by atoms with Gasteiger partial charge < -0.3 is 16.8 Å². The van der Waals surface area contributed by atoms with Crippen molar-refractivity contribution in [3.63, 3.8) is 0 Å². The van der Waals surface area contributed by atoms with Gasteiger partial charge in [-0.15, -0.1) is 5.10 Å². The number of aromatic nitrogens is 3. The lowest BCUT2D eigenvalue weighted by Gasteiger charge is -2.16. The summed E-state index contributed by atoms with van der Waals surface area (Å²) in [5.74, 6) is -0.915. The second-order valence-corrected chi connectivity index (χ2v) is 5.58. The summed E-state index contributed by atoms with van der Waals surface area (Å²) in [7, 11) is 0. The minimum Gasteiger partial charge on any atom is -0.368 e. The number of nitrogens with two attached hydrogens (primary N) is 2. The SMILES string of the molecule is CC(C)NC(Cc1cn(CCC(NS)C(N)=O)nn1)C(N)=O. The van der Waals surface area contributed by atoms with Crippen molar-refractivity contribution in [1.82, 2.24) is 25.0 Å². The van der Waals surface area contributed by atoms with Crippen molar-refractivity contribution in [2.24, 2.45) is 11.5 Å².